The molecule has 0 saturated heterocycles. The Morgan fingerprint density at radius 3 is 2.31 bits per heavy atom. The van der Waals surface area contributed by atoms with E-state index < -0.39 is 6.04 Å². The Kier molecular flexibility index (Phi) is 10.4. The second-order valence-corrected chi connectivity index (χ2v) is 13.3. The number of carbonyl (C=O) groups excluding carboxylic acids is 1. The molecule has 1 aliphatic rings. The van der Waals surface area contributed by atoms with Gasteiger partial charge in [-0.15, -0.1) is 0 Å². The summed E-state index contributed by atoms with van der Waals surface area (Å²) in [5, 5.41) is 2.98. The molecule has 1 aliphatic heterocycles. The van der Waals surface area contributed by atoms with E-state index >= 15 is 0 Å². The number of rotatable bonds is 11. The fourth-order valence-corrected chi connectivity index (χ4v) is 7.46. The van der Waals surface area contributed by atoms with Crippen molar-refractivity contribution in [2.45, 2.75) is 47.3 Å². The molecule has 0 aliphatic carbocycles. The molecule has 0 unspecified atom stereocenters. The molecule has 4 aromatic carbocycles. The lowest BCUT2D eigenvalue weighted by Crippen LogP contribution is -2.40. The molecule has 5 aromatic rings. The zero-order valence-corrected chi connectivity index (χ0v) is 30.6. The Hall–Kier alpha value is -5.61. The van der Waals surface area contributed by atoms with Gasteiger partial charge in [0.05, 0.1) is 36.6 Å². The average Bonchev–Trinajstić information content (AvgIpc) is 3.41. The zero-order valence-electron chi connectivity index (χ0n) is 29.8. The number of fused-ring (bicyclic) bond motifs is 1. The van der Waals surface area contributed by atoms with Crippen LogP contribution in [-0.2, 0) is 11.4 Å². The van der Waals surface area contributed by atoms with Crippen LogP contribution in [0.15, 0.2) is 99.9 Å². The molecule has 1 N–H and O–H groups in total. The molecular formula is C41H41N3O6S. The number of amides is 1. The SMILES string of the molecule is CCOc1cc(/C=c2\sc3n(c2=O)[C@@H](c2ccc(OC)cc2OC)C(C(=O)Nc2ccccc2)=C(C)N=3)ccc1OCc1c(C)cc(C)cc1C. The highest BCUT2D eigenvalue weighted by atomic mass is 32.1. The van der Waals surface area contributed by atoms with Crippen molar-refractivity contribution in [3.8, 4) is 23.0 Å². The summed E-state index contributed by atoms with van der Waals surface area (Å²) < 4.78 is 25.5. The molecule has 2 heterocycles. The summed E-state index contributed by atoms with van der Waals surface area (Å²) in [7, 11) is 3.12. The van der Waals surface area contributed by atoms with Crippen LogP contribution in [0.25, 0.3) is 6.08 Å². The predicted octanol–water partition coefficient (Wildman–Crippen LogP) is 6.79. The lowest BCUT2D eigenvalue weighted by Gasteiger charge is -2.26. The summed E-state index contributed by atoms with van der Waals surface area (Å²) >= 11 is 1.26. The summed E-state index contributed by atoms with van der Waals surface area (Å²) in [5.41, 5.74) is 7.27. The Bertz CT molecular complexity index is 2300. The van der Waals surface area contributed by atoms with Crippen LogP contribution in [0.3, 0.4) is 0 Å². The van der Waals surface area contributed by atoms with Gasteiger partial charge in [-0.25, -0.2) is 4.99 Å². The molecule has 51 heavy (non-hydrogen) atoms. The fourth-order valence-electron chi connectivity index (χ4n) is 6.41. The van der Waals surface area contributed by atoms with Crippen molar-refractivity contribution in [3.05, 3.63) is 143 Å². The van der Waals surface area contributed by atoms with Crippen LogP contribution in [0.5, 0.6) is 23.0 Å². The third kappa shape index (κ3) is 7.32. The molecule has 0 saturated carbocycles. The Morgan fingerprint density at radius 2 is 1.63 bits per heavy atom. The third-order valence-corrected chi connectivity index (χ3v) is 9.79. The van der Waals surface area contributed by atoms with Gasteiger partial charge in [0.15, 0.2) is 16.3 Å². The minimum atomic E-state index is -0.823. The standard InChI is InChI=1S/C41H41N3O6S/c1-8-49-35-20-28(14-17-33(35)50-23-32-25(3)18-24(2)19-26(32)4)21-36-40(46)44-38(31-16-15-30(47-6)22-34(31)48-7)37(27(5)42-41(44)51-36)39(45)43-29-12-10-9-11-13-29/h9-22,38H,8,23H2,1-7H3,(H,43,45)/b36-21-/t38-/m0/s1. The van der Waals surface area contributed by atoms with Crippen LogP contribution < -0.4 is 39.2 Å². The number of ether oxygens (including phenoxy) is 4. The topological polar surface area (TPSA) is 100 Å². The first-order valence-corrected chi connectivity index (χ1v) is 17.5. The summed E-state index contributed by atoms with van der Waals surface area (Å²) in [5.74, 6) is 1.89. The van der Waals surface area contributed by atoms with Crippen LogP contribution in [0, 0.1) is 20.8 Å². The third-order valence-electron chi connectivity index (χ3n) is 8.81. The number of allylic oxidation sites excluding steroid dienone is 1. The quantitative estimate of drug-likeness (QED) is 0.163. The second kappa shape index (κ2) is 15.1. The molecule has 0 spiro atoms. The number of anilines is 1. The summed E-state index contributed by atoms with van der Waals surface area (Å²) in [4.78, 5) is 33.6. The molecule has 1 atom stereocenters. The number of aromatic nitrogens is 1. The number of methoxy groups -OCH3 is 2. The summed E-state index contributed by atoms with van der Waals surface area (Å²) in [6, 6.07) is 23.7. The van der Waals surface area contributed by atoms with Crippen molar-refractivity contribution < 1.29 is 23.7 Å². The van der Waals surface area contributed by atoms with E-state index in [0.29, 0.717) is 68.1 Å². The van der Waals surface area contributed by atoms with E-state index in [9.17, 15) is 9.59 Å². The molecule has 9 nitrogen and oxygen atoms in total. The molecule has 10 heteroatoms. The molecule has 1 amide bonds. The van der Waals surface area contributed by atoms with E-state index in [1.165, 1.54) is 28.0 Å². The number of hydrogen-bond acceptors (Lipinski definition) is 8. The second-order valence-electron chi connectivity index (χ2n) is 12.3. The Labute approximate surface area is 301 Å². The predicted molar refractivity (Wildman–Crippen MR) is 201 cm³/mol. The van der Waals surface area contributed by atoms with Crippen LogP contribution >= 0.6 is 11.3 Å². The minimum Gasteiger partial charge on any atom is -0.497 e. The smallest absolute Gasteiger partial charge is 0.271 e. The van der Waals surface area contributed by atoms with Crippen LogP contribution in [0.1, 0.15) is 53.3 Å². The summed E-state index contributed by atoms with van der Waals surface area (Å²) in [6.45, 7) is 10.8. The first-order chi connectivity index (χ1) is 24.6. The van der Waals surface area contributed by atoms with E-state index in [4.69, 9.17) is 23.9 Å². The van der Waals surface area contributed by atoms with Gasteiger partial charge in [0, 0.05) is 17.3 Å². The van der Waals surface area contributed by atoms with Gasteiger partial charge in [-0.3, -0.25) is 14.2 Å². The van der Waals surface area contributed by atoms with Gasteiger partial charge >= 0.3 is 0 Å². The number of carbonyl (C=O) groups is 1. The number of hydrogen-bond donors (Lipinski definition) is 1. The number of thiazole rings is 1. The van der Waals surface area contributed by atoms with Crippen molar-refractivity contribution in [2.75, 3.05) is 26.1 Å². The average molecular weight is 704 g/mol. The van der Waals surface area contributed by atoms with Gasteiger partial charge in [-0.05, 0) is 99.3 Å². The van der Waals surface area contributed by atoms with Gasteiger partial charge in [-0.2, -0.15) is 0 Å². The van der Waals surface area contributed by atoms with Crippen molar-refractivity contribution >= 4 is 29.0 Å². The highest BCUT2D eigenvalue weighted by molar-refractivity contribution is 7.07. The van der Waals surface area contributed by atoms with Gasteiger partial charge < -0.3 is 24.3 Å². The lowest BCUT2D eigenvalue weighted by molar-refractivity contribution is -0.113. The van der Waals surface area contributed by atoms with Crippen molar-refractivity contribution in [2.24, 2.45) is 4.99 Å². The highest BCUT2D eigenvalue weighted by Crippen LogP contribution is 2.38. The number of benzene rings is 4. The van der Waals surface area contributed by atoms with E-state index in [0.717, 1.165) is 11.1 Å². The van der Waals surface area contributed by atoms with Crippen molar-refractivity contribution in [3.63, 3.8) is 0 Å². The number of aryl methyl sites for hydroxylation is 3. The normalized spacial score (nSPS) is 14.1. The van der Waals surface area contributed by atoms with Gasteiger partial charge in [0.25, 0.3) is 11.5 Å². The maximum Gasteiger partial charge on any atom is 0.271 e. The molecule has 1 aromatic heterocycles. The van der Waals surface area contributed by atoms with Gasteiger partial charge in [-0.1, -0.05) is 53.3 Å². The molecule has 0 radical (unpaired) electrons. The molecule has 0 fully saturated rings. The van der Waals surface area contributed by atoms with E-state index in [1.807, 2.05) is 67.6 Å². The molecule has 0 bridgehead atoms. The maximum atomic E-state index is 14.4. The van der Waals surface area contributed by atoms with Crippen molar-refractivity contribution in [1.29, 1.82) is 0 Å². The largest absolute Gasteiger partial charge is 0.497 e. The minimum absolute atomic E-state index is 0.289. The fraction of sp³-hybridized carbons (Fsp3) is 0.244. The first kappa shape index (κ1) is 35.2. The molecule has 262 valence electrons. The highest BCUT2D eigenvalue weighted by Gasteiger charge is 2.34. The van der Waals surface area contributed by atoms with Crippen molar-refractivity contribution in [1.82, 2.24) is 4.57 Å². The zero-order chi connectivity index (χ0) is 36.2. The number of nitrogens with one attached hydrogen (secondary N) is 1. The first-order valence-electron chi connectivity index (χ1n) is 16.7. The van der Waals surface area contributed by atoms with Gasteiger partial charge in [0.2, 0.25) is 0 Å². The maximum absolute atomic E-state index is 14.4. The Morgan fingerprint density at radius 1 is 0.882 bits per heavy atom. The Balaban J connectivity index is 1.42. The number of nitrogens with zero attached hydrogens (tertiary/aromatic N) is 2. The summed E-state index contributed by atoms with van der Waals surface area (Å²) in [6.07, 6.45) is 1.82. The molecular weight excluding hydrogens is 663 g/mol. The lowest BCUT2D eigenvalue weighted by atomic mass is 9.94. The monoisotopic (exact) mass is 703 g/mol. The molecule has 6 rings (SSSR count). The van der Waals surface area contributed by atoms with Crippen LogP contribution in [0.4, 0.5) is 5.69 Å². The number of para-hydroxylation sites is 1. The van der Waals surface area contributed by atoms with Crippen LogP contribution in [0.2, 0.25) is 0 Å². The van der Waals surface area contributed by atoms with Gasteiger partial charge in [0.1, 0.15) is 24.1 Å². The van der Waals surface area contributed by atoms with E-state index in [1.54, 1.807) is 37.8 Å². The van der Waals surface area contributed by atoms with Crippen LogP contribution in [-0.4, -0.2) is 31.3 Å². The van der Waals surface area contributed by atoms with E-state index in [2.05, 4.69) is 38.2 Å². The van der Waals surface area contributed by atoms with E-state index in [-0.39, 0.29) is 11.5 Å².